The minimum Gasteiger partial charge on any atom is -0.495 e. The van der Waals surface area contributed by atoms with Gasteiger partial charge in [-0.15, -0.1) is 11.3 Å². The lowest BCUT2D eigenvalue weighted by molar-refractivity contribution is 0.220. The number of benzene rings is 1. The Morgan fingerprint density at radius 2 is 2.12 bits per heavy atom. The summed E-state index contributed by atoms with van der Waals surface area (Å²) in [5.74, 6) is 0.615. The van der Waals surface area contributed by atoms with Crippen molar-refractivity contribution in [3.63, 3.8) is 0 Å². The number of aryl methyl sites for hydroxylation is 1. The lowest BCUT2D eigenvalue weighted by atomic mass is 10.0. The van der Waals surface area contributed by atoms with E-state index in [9.17, 15) is 5.11 Å². The molecule has 0 aliphatic heterocycles. The first-order chi connectivity index (χ1) is 8.13. The zero-order valence-electron chi connectivity index (χ0n) is 9.61. The van der Waals surface area contributed by atoms with Crippen LogP contribution in [0, 0.1) is 6.92 Å². The summed E-state index contributed by atoms with van der Waals surface area (Å²) in [5, 5.41) is 12.7. The fraction of sp³-hybridized carbons (Fsp3) is 0.231. The molecule has 0 amide bonds. The van der Waals surface area contributed by atoms with E-state index in [0.717, 1.165) is 16.0 Å². The van der Waals surface area contributed by atoms with E-state index < -0.39 is 6.10 Å². The van der Waals surface area contributed by atoms with E-state index >= 15 is 0 Å². The van der Waals surface area contributed by atoms with Gasteiger partial charge in [0.25, 0.3) is 0 Å². The maximum Gasteiger partial charge on any atom is 0.137 e. The Kier molecular flexibility index (Phi) is 3.72. The maximum atomic E-state index is 10.3. The van der Waals surface area contributed by atoms with Gasteiger partial charge in [-0.25, -0.2) is 0 Å². The molecule has 2 rings (SSSR count). The van der Waals surface area contributed by atoms with Crippen LogP contribution in [0.5, 0.6) is 5.75 Å². The van der Waals surface area contributed by atoms with Gasteiger partial charge in [0.15, 0.2) is 0 Å². The summed E-state index contributed by atoms with van der Waals surface area (Å²) >= 11 is 7.66. The van der Waals surface area contributed by atoms with Crippen molar-refractivity contribution in [2.45, 2.75) is 13.0 Å². The molecule has 0 bridgehead atoms. The maximum absolute atomic E-state index is 10.3. The molecule has 4 heteroatoms. The third kappa shape index (κ3) is 2.46. The van der Waals surface area contributed by atoms with Crippen LogP contribution in [0.2, 0.25) is 5.02 Å². The quantitative estimate of drug-likeness (QED) is 0.917. The van der Waals surface area contributed by atoms with Crippen molar-refractivity contribution < 1.29 is 9.84 Å². The van der Waals surface area contributed by atoms with E-state index in [4.69, 9.17) is 16.3 Å². The van der Waals surface area contributed by atoms with Gasteiger partial charge in [0.05, 0.1) is 12.1 Å². The summed E-state index contributed by atoms with van der Waals surface area (Å²) in [6.07, 6.45) is -0.635. The predicted molar refractivity (Wildman–Crippen MR) is 71.1 cm³/mol. The van der Waals surface area contributed by atoms with Crippen molar-refractivity contribution in [2.24, 2.45) is 0 Å². The molecule has 0 spiro atoms. The Morgan fingerprint density at radius 1 is 1.35 bits per heavy atom. The topological polar surface area (TPSA) is 29.5 Å². The molecule has 1 aromatic heterocycles. The highest BCUT2D eigenvalue weighted by molar-refractivity contribution is 7.10. The minimum absolute atomic E-state index is 0.511. The highest BCUT2D eigenvalue weighted by atomic mass is 35.5. The molecule has 1 aromatic carbocycles. The van der Waals surface area contributed by atoms with Crippen LogP contribution < -0.4 is 4.74 Å². The van der Waals surface area contributed by atoms with Crippen molar-refractivity contribution in [2.75, 3.05) is 7.11 Å². The summed E-state index contributed by atoms with van der Waals surface area (Å²) < 4.78 is 5.08. The first-order valence-corrected chi connectivity index (χ1v) is 6.44. The van der Waals surface area contributed by atoms with Crippen molar-refractivity contribution in [1.82, 2.24) is 0 Å². The van der Waals surface area contributed by atoms with Gasteiger partial charge in [-0.1, -0.05) is 17.7 Å². The first kappa shape index (κ1) is 12.4. The molecule has 0 aliphatic rings. The number of aliphatic hydroxyl groups excluding tert-OH is 1. The standard InChI is InChI=1S/C13H13ClO2S/c1-8-10(5-6-17-8)13(15)9-3-4-12(16-2)11(14)7-9/h3-7,13,15H,1-2H3. The number of halogens is 1. The van der Waals surface area contributed by atoms with E-state index in [-0.39, 0.29) is 0 Å². The molecular formula is C13H13ClO2S. The Hall–Kier alpha value is -1.03. The van der Waals surface area contributed by atoms with Gasteiger partial charge in [-0.2, -0.15) is 0 Å². The van der Waals surface area contributed by atoms with Gasteiger partial charge < -0.3 is 9.84 Å². The molecule has 2 aromatic rings. The van der Waals surface area contributed by atoms with E-state index in [1.165, 1.54) is 0 Å². The van der Waals surface area contributed by atoms with Crippen LogP contribution in [0.1, 0.15) is 22.1 Å². The number of aliphatic hydroxyl groups is 1. The van der Waals surface area contributed by atoms with Gasteiger partial charge in [0, 0.05) is 4.88 Å². The molecule has 0 radical (unpaired) electrons. The fourth-order valence-corrected chi connectivity index (χ4v) is 2.71. The van der Waals surface area contributed by atoms with Crippen LogP contribution in [-0.4, -0.2) is 12.2 Å². The lowest BCUT2D eigenvalue weighted by Crippen LogP contribution is -2.00. The summed E-state index contributed by atoms with van der Waals surface area (Å²) in [7, 11) is 1.57. The highest BCUT2D eigenvalue weighted by Gasteiger charge is 2.15. The van der Waals surface area contributed by atoms with Crippen molar-refractivity contribution in [1.29, 1.82) is 0 Å². The molecule has 0 saturated heterocycles. The van der Waals surface area contributed by atoms with Crippen LogP contribution in [0.4, 0.5) is 0 Å². The van der Waals surface area contributed by atoms with Crippen LogP contribution in [0.25, 0.3) is 0 Å². The number of hydrogen-bond donors (Lipinski definition) is 1. The second-order valence-corrected chi connectivity index (χ2v) is 5.26. The molecular weight excluding hydrogens is 256 g/mol. The minimum atomic E-state index is -0.635. The Morgan fingerprint density at radius 3 is 2.65 bits per heavy atom. The van der Waals surface area contributed by atoms with Gasteiger partial charge >= 0.3 is 0 Å². The van der Waals surface area contributed by atoms with Crippen molar-refractivity contribution >= 4 is 22.9 Å². The Labute approximate surface area is 109 Å². The second-order valence-electron chi connectivity index (χ2n) is 3.73. The Balaban J connectivity index is 2.35. The summed E-state index contributed by atoms with van der Waals surface area (Å²) in [6.45, 7) is 1.99. The number of hydrogen-bond acceptors (Lipinski definition) is 3. The smallest absolute Gasteiger partial charge is 0.137 e. The molecule has 1 unspecified atom stereocenters. The number of methoxy groups -OCH3 is 1. The van der Waals surface area contributed by atoms with Crippen molar-refractivity contribution in [3.05, 3.63) is 50.7 Å². The van der Waals surface area contributed by atoms with Gasteiger partial charge in [0.1, 0.15) is 11.9 Å². The van der Waals surface area contributed by atoms with Crippen LogP contribution in [0.3, 0.4) is 0 Å². The molecule has 2 nitrogen and oxygen atoms in total. The molecule has 1 heterocycles. The van der Waals surface area contributed by atoms with Gasteiger partial charge in [-0.05, 0) is 41.6 Å². The third-order valence-corrected chi connectivity index (χ3v) is 3.84. The average molecular weight is 269 g/mol. The van der Waals surface area contributed by atoms with E-state index in [1.807, 2.05) is 24.4 Å². The molecule has 0 fully saturated rings. The number of ether oxygens (including phenoxy) is 1. The normalized spacial score (nSPS) is 12.5. The molecule has 0 aliphatic carbocycles. The van der Waals surface area contributed by atoms with Crippen LogP contribution in [-0.2, 0) is 0 Å². The summed E-state index contributed by atoms with van der Waals surface area (Å²) in [4.78, 5) is 1.12. The first-order valence-electron chi connectivity index (χ1n) is 5.19. The Bertz CT molecular complexity index is 522. The highest BCUT2D eigenvalue weighted by Crippen LogP contribution is 2.32. The summed E-state index contributed by atoms with van der Waals surface area (Å²) in [6, 6.07) is 7.26. The monoisotopic (exact) mass is 268 g/mol. The zero-order chi connectivity index (χ0) is 12.4. The van der Waals surface area contributed by atoms with E-state index in [0.29, 0.717) is 10.8 Å². The molecule has 1 atom stereocenters. The molecule has 1 N–H and O–H groups in total. The van der Waals surface area contributed by atoms with E-state index in [1.54, 1.807) is 30.6 Å². The van der Waals surface area contributed by atoms with Crippen molar-refractivity contribution in [3.8, 4) is 5.75 Å². The SMILES string of the molecule is COc1ccc(C(O)c2ccsc2C)cc1Cl. The molecule has 0 saturated carbocycles. The lowest BCUT2D eigenvalue weighted by Gasteiger charge is -2.12. The average Bonchev–Trinajstić information content (AvgIpc) is 2.74. The largest absolute Gasteiger partial charge is 0.495 e. The number of rotatable bonds is 3. The molecule has 90 valence electrons. The van der Waals surface area contributed by atoms with Gasteiger partial charge in [-0.3, -0.25) is 0 Å². The summed E-state index contributed by atoms with van der Waals surface area (Å²) in [5.41, 5.74) is 1.70. The third-order valence-electron chi connectivity index (χ3n) is 2.69. The van der Waals surface area contributed by atoms with Gasteiger partial charge in [0.2, 0.25) is 0 Å². The van der Waals surface area contributed by atoms with Crippen LogP contribution in [0.15, 0.2) is 29.6 Å². The van der Waals surface area contributed by atoms with Crippen LogP contribution >= 0.6 is 22.9 Å². The second kappa shape index (κ2) is 5.08. The van der Waals surface area contributed by atoms with E-state index in [2.05, 4.69) is 0 Å². The molecule has 17 heavy (non-hydrogen) atoms. The fourth-order valence-electron chi connectivity index (χ4n) is 1.71. The predicted octanol–water partition coefficient (Wildman–Crippen LogP) is 3.80. The zero-order valence-corrected chi connectivity index (χ0v) is 11.2. The number of thiophene rings is 1.